The normalized spacial score (nSPS) is 10.1. The molecule has 2 aromatic rings. The maximum atomic E-state index is 5.73. The van der Waals surface area contributed by atoms with Crippen molar-refractivity contribution >= 4 is 5.69 Å². The topological polar surface area (TPSA) is 21.7 Å². The second-order valence-corrected chi connectivity index (χ2v) is 4.76. The number of benzene rings is 2. The Balaban J connectivity index is 1.69. The molecule has 0 saturated heterocycles. The second-order valence-electron chi connectivity index (χ2n) is 4.76. The molecule has 0 spiro atoms. The molecule has 0 fully saturated rings. The standard InChI is InChI=1S/C17H21NO2/c1-18(2)15-8-6-11-17(14-15)20-13-7-12-19-16-9-4-3-5-10-16/h3-6,8-11,14H,7,12-13H2,1-2H3. The fourth-order valence-electron chi connectivity index (χ4n) is 1.81. The number of hydrogen-bond donors (Lipinski definition) is 0. The maximum Gasteiger partial charge on any atom is 0.121 e. The van der Waals surface area contributed by atoms with Gasteiger partial charge in [0, 0.05) is 32.3 Å². The molecule has 0 bridgehead atoms. The first kappa shape index (κ1) is 14.3. The van der Waals surface area contributed by atoms with Crippen molar-refractivity contribution in [1.29, 1.82) is 0 Å². The van der Waals surface area contributed by atoms with Gasteiger partial charge in [-0.15, -0.1) is 0 Å². The van der Waals surface area contributed by atoms with Crippen LogP contribution in [0.1, 0.15) is 6.42 Å². The zero-order chi connectivity index (χ0) is 14.2. The molecule has 0 amide bonds. The van der Waals surface area contributed by atoms with E-state index in [2.05, 4.69) is 11.0 Å². The van der Waals surface area contributed by atoms with Crippen LogP contribution in [-0.2, 0) is 0 Å². The molecule has 0 heterocycles. The Bertz CT molecular complexity index is 511. The predicted molar refractivity (Wildman–Crippen MR) is 82.8 cm³/mol. The molecule has 20 heavy (non-hydrogen) atoms. The molecule has 0 atom stereocenters. The van der Waals surface area contributed by atoms with Crippen molar-refractivity contribution in [2.75, 3.05) is 32.2 Å². The van der Waals surface area contributed by atoms with Gasteiger partial charge in [0.15, 0.2) is 0 Å². The number of para-hydroxylation sites is 1. The van der Waals surface area contributed by atoms with Gasteiger partial charge >= 0.3 is 0 Å². The third-order valence-corrected chi connectivity index (χ3v) is 2.90. The molecule has 2 aromatic carbocycles. The molecular weight excluding hydrogens is 250 g/mol. The fraction of sp³-hybridized carbons (Fsp3) is 0.294. The van der Waals surface area contributed by atoms with Crippen molar-refractivity contribution in [2.24, 2.45) is 0 Å². The van der Waals surface area contributed by atoms with Crippen LogP contribution in [0.5, 0.6) is 11.5 Å². The highest BCUT2D eigenvalue weighted by atomic mass is 16.5. The summed E-state index contributed by atoms with van der Waals surface area (Å²) in [5.41, 5.74) is 1.14. The van der Waals surface area contributed by atoms with E-state index >= 15 is 0 Å². The van der Waals surface area contributed by atoms with Gasteiger partial charge in [0.25, 0.3) is 0 Å². The van der Waals surface area contributed by atoms with Gasteiger partial charge in [0.1, 0.15) is 11.5 Å². The quantitative estimate of drug-likeness (QED) is 0.718. The molecule has 0 radical (unpaired) electrons. The van der Waals surface area contributed by atoms with Gasteiger partial charge in [-0.1, -0.05) is 24.3 Å². The SMILES string of the molecule is CN(C)c1cccc(OCCCOc2ccccc2)c1. The van der Waals surface area contributed by atoms with E-state index in [0.717, 1.165) is 23.6 Å². The number of anilines is 1. The van der Waals surface area contributed by atoms with Crippen LogP contribution in [0.4, 0.5) is 5.69 Å². The van der Waals surface area contributed by atoms with Crippen molar-refractivity contribution in [1.82, 2.24) is 0 Å². The highest BCUT2D eigenvalue weighted by molar-refractivity contribution is 5.49. The van der Waals surface area contributed by atoms with Crippen LogP contribution in [0.25, 0.3) is 0 Å². The first-order valence-corrected chi connectivity index (χ1v) is 6.84. The minimum atomic E-state index is 0.656. The zero-order valence-electron chi connectivity index (χ0n) is 12.1. The summed E-state index contributed by atoms with van der Waals surface area (Å²) in [6.07, 6.45) is 0.862. The van der Waals surface area contributed by atoms with E-state index in [4.69, 9.17) is 9.47 Å². The van der Waals surface area contributed by atoms with Gasteiger partial charge in [0.05, 0.1) is 13.2 Å². The summed E-state index contributed by atoms with van der Waals surface area (Å²) in [6, 6.07) is 17.9. The molecule has 3 nitrogen and oxygen atoms in total. The van der Waals surface area contributed by atoms with E-state index in [9.17, 15) is 0 Å². The predicted octanol–water partition coefficient (Wildman–Crippen LogP) is 3.60. The summed E-state index contributed by atoms with van der Waals surface area (Å²) in [7, 11) is 4.04. The van der Waals surface area contributed by atoms with Crippen LogP contribution in [0.15, 0.2) is 54.6 Å². The molecule has 0 aliphatic rings. The molecular formula is C17H21NO2. The summed E-state index contributed by atoms with van der Waals surface area (Å²) in [5, 5.41) is 0. The van der Waals surface area contributed by atoms with Crippen LogP contribution >= 0.6 is 0 Å². The minimum Gasteiger partial charge on any atom is -0.493 e. The monoisotopic (exact) mass is 271 g/mol. The Labute approximate surface area is 120 Å². The van der Waals surface area contributed by atoms with Gasteiger partial charge in [-0.3, -0.25) is 0 Å². The van der Waals surface area contributed by atoms with E-state index in [1.807, 2.05) is 62.6 Å². The van der Waals surface area contributed by atoms with Gasteiger partial charge in [-0.05, 0) is 24.3 Å². The minimum absolute atomic E-state index is 0.656. The first-order valence-electron chi connectivity index (χ1n) is 6.84. The van der Waals surface area contributed by atoms with Crippen LogP contribution in [-0.4, -0.2) is 27.3 Å². The van der Waals surface area contributed by atoms with Crippen LogP contribution in [0, 0.1) is 0 Å². The van der Waals surface area contributed by atoms with E-state index < -0.39 is 0 Å². The molecule has 0 aliphatic carbocycles. The van der Waals surface area contributed by atoms with Gasteiger partial charge in [-0.25, -0.2) is 0 Å². The lowest BCUT2D eigenvalue weighted by molar-refractivity contribution is 0.247. The van der Waals surface area contributed by atoms with E-state index in [0.29, 0.717) is 13.2 Å². The maximum absolute atomic E-state index is 5.73. The van der Waals surface area contributed by atoms with Gasteiger partial charge in [-0.2, -0.15) is 0 Å². The van der Waals surface area contributed by atoms with Crippen molar-refractivity contribution in [2.45, 2.75) is 6.42 Å². The fourth-order valence-corrected chi connectivity index (χ4v) is 1.81. The smallest absolute Gasteiger partial charge is 0.121 e. The Morgan fingerprint density at radius 2 is 1.45 bits per heavy atom. The van der Waals surface area contributed by atoms with Crippen molar-refractivity contribution < 1.29 is 9.47 Å². The second kappa shape index (κ2) is 7.43. The Morgan fingerprint density at radius 3 is 2.15 bits per heavy atom. The zero-order valence-corrected chi connectivity index (χ0v) is 12.1. The number of ether oxygens (including phenoxy) is 2. The number of rotatable bonds is 7. The van der Waals surface area contributed by atoms with Crippen LogP contribution in [0.3, 0.4) is 0 Å². The summed E-state index contributed by atoms with van der Waals surface area (Å²) in [4.78, 5) is 2.06. The lowest BCUT2D eigenvalue weighted by Crippen LogP contribution is -2.09. The van der Waals surface area contributed by atoms with Crippen LogP contribution in [0.2, 0.25) is 0 Å². The van der Waals surface area contributed by atoms with Gasteiger partial charge < -0.3 is 14.4 Å². The molecule has 0 saturated carbocycles. The molecule has 0 unspecified atom stereocenters. The summed E-state index contributed by atoms with van der Waals surface area (Å²) < 4.78 is 11.3. The van der Waals surface area contributed by atoms with E-state index in [1.165, 1.54) is 0 Å². The average molecular weight is 271 g/mol. The molecule has 0 aromatic heterocycles. The molecule has 0 aliphatic heterocycles. The van der Waals surface area contributed by atoms with Gasteiger partial charge in [0.2, 0.25) is 0 Å². The largest absolute Gasteiger partial charge is 0.493 e. The highest BCUT2D eigenvalue weighted by Crippen LogP contribution is 2.19. The summed E-state index contributed by atoms with van der Waals surface area (Å²) >= 11 is 0. The van der Waals surface area contributed by atoms with E-state index in [-0.39, 0.29) is 0 Å². The average Bonchev–Trinajstić information content (AvgIpc) is 2.48. The van der Waals surface area contributed by atoms with Crippen LogP contribution < -0.4 is 14.4 Å². The number of hydrogen-bond acceptors (Lipinski definition) is 3. The molecule has 106 valence electrons. The Kier molecular flexibility index (Phi) is 5.30. The summed E-state index contributed by atoms with van der Waals surface area (Å²) in [5.74, 6) is 1.80. The van der Waals surface area contributed by atoms with Crippen molar-refractivity contribution in [3.8, 4) is 11.5 Å². The molecule has 2 rings (SSSR count). The highest BCUT2D eigenvalue weighted by Gasteiger charge is 1.99. The van der Waals surface area contributed by atoms with Crippen molar-refractivity contribution in [3.05, 3.63) is 54.6 Å². The number of nitrogens with zero attached hydrogens (tertiary/aromatic N) is 1. The molecule has 3 heteroatoms. The Morgan fingerprint density at radius 1 is 0.800 bits per heavy atom. The van der Waals surface area contributed by atoms with Crippen molar-refractivity contribution in [3.63, 3.8) is 0 Å². The molecule has 0 N–H and O–H groups in total. The Hall–Kier alpha value is -2.16. The van der Waals surface area contributed by atoms with E-state index in [1.54, 1.807) is 0 Å². The first-order chi connectivity index (χ1) is 9.75. The third kappa shape index (κ3) is 4.50. The summed E-state index contributed by atoms with van der Waals surface area (Å²) in [6.45, 7) is 1.32. The lowest BCUT2D eigenvalue weighted by Gasteiger charge is -2.14. The lowest BCUT2D eigenvalue weighted by atomic mass is 10.3. The third-order valence-electron chi connectivity index (χ3n) is 2.90.